The second-order valence-corrected chi connectivity index (χ2v) is 19.0. The molecule has 15 nitrogen and oxygen atoms in total. The van der Waals surface area contributed by atoms with Crippen molar-refractivity contribution in [3.05, 3.63) is 100 Å². The highest BCUT2D eigenvalue weighted by molar-refractivity contribution is 6.30. The van der Waals surface area contributed by atoms with Gasteiger partial charge in [0.05, 0.1) is 5.54 Å². The van der Waals surface area contributed by atoms with Crippen molar-refractivity contribution in [1.29, 1.82) is 0 Å². The third-order valence-corrected chi connectivity index (χ3v) is 16.0. The van der Waals surface area contributed by atoms with Crippen molar-refractivity contribution in [3.8, 4) is 0 Å². The van der Waals surface area contributed by atoms with Crippen LogP contribution in [0.5, 0.6) is 0 Å². The molecule has 4 aliphatic carbocycles. The van der Waals surface area contributed by atoms with Gasteiger partial charge in [0, 0.05) is 52.5 Å². The van der Waals surface area contributed by atoms with Crippen molar-refractivity contribution >= 4 is 53.1 Å². The molecule has 0 saturated carbocycles. The first-order valence-corrected chi connectivity index (χ1v) is 21.6. The Morgan fingerprint density at radius 2 is 1.10 bits per heavy atom. The maximum absolute atomic E-state index is 15.0. The zero-order valence-corrected chi connectivity index (χ0v) is 36.1. The van der Waals surface area contributed by atoms with Crippen LogP contribution in [0, 0.1) is 5.92 Å². The highest BCUT2D eigenvalue weighted by Gasteiger charge is 2.70. The summed E-state index contributed by atoms with van der Waals surface area (Å²) in [5, 5.41) is 25.1. The van der Waals surface area contributed by atoms with Crippen molar-refractivity contribution in [2.75, 3.05) is 18.0 Å². The number of nitrogens with two attached hydrogens (primary N) is 2. The molecule has 10 rings (SSSR count). The quantitative estimate of drug-likeness (QED) is 0.152. The van der Waals surface area contributed by atoms with Gasteiger partial charge in [-0.15, -0.1) is 0 Å². The van der Waals surface area contributed by atoms with E-state index in [1.165, 1.54) is 0 Å². The van der Waals surface area contributed by atoms with Crippen LogP contribution in [0.1, 0.15) is 94.9 Å². The summed E-state index contributed by atoms with van der Waals surface area (Å²) in [4.78, 5) is 87.2. The summed E-state index contributed by atoms with van der Waals surface area (Å²) in [7, 11) is 0. The van der Waals surface area contributed by atoms with Crippen molar-refractivity contribution < 1.29 is 39.0 Å². The number of amides is 6. The maximum Gasteiger partial charge on any atom is 0.411 e. The average Bonchev–Trinajstić information content (AvgIpc) is 3.94. The van der Waals surface area contributed by atoms with Crippen LogP contribution >= 0.6 is 11.6 Å². The lowest BCUT2D eigenvalue weighted by Gasteiger charge is -2.60. The Labute approximate surface area is 365 Å². The molecule has 4 bridgehead atoms. The number of nitrogens with one attached hydrogen (secondary N) is 2. The minimum atomic E-state index is -1.66. The normalized spacial score (nSPS) is 33.7. The van der Waals surface area contributed by atoms with Crippen LogP contribution in [0.3, 0.4) is 0 Å². The molecule has 3 aromatic carbocycles. The van der Waals surface area contributed by atoms with Gasteiger partial charge in [-0.1, -0.05) is 80.9 Å². The van der Waals surface area contributed by atoms with Gasteiger partial charge in [0.25, 0.3) is 11.8 Å². The van der Waals surface area contributed by atoms with E-state index in [1.54, 1.807) is 0 Å². The van der Waals surface area contributed by atoms with Crippen molar-refractivity contribution in [1.82, 2.24) is 20.4 Å². The Morgan fingerprint density at radius 1 is 0.661 bits per heavy atom. The number of nitrogens with zero attached hydrogens (tertiary/aromatic N) is 3. The summed E-state index contributed by atoms with van der Waals surface area (Å²) in [6, 6.07) is 21.2. The molecule has 8 N–H and O–H groups in total. The molecule has 62 heavy (non-hydrogen) atoms. The second-order valence-electron chi connectivity index (χ2n) is 18.6. The first-order valence-electron chi connectivity index (χ1n) is 21.2. The number of primary amides is 2. The molecule has 0 aromatic heterocycles. The van der Waals surface area contributed by atoms with Gasteiger partial charge in [-0.3, -0.25) is 39.6 Å². The van der Waals surface area contributed by atoms with E-state index in [0.717, 1.165) is 5.69 Å². The number of halogens is 1. The van der Waals surface area contributed by atoms with Gasteiger partial charge >= 0.3 is 12.2 Å². The van der Waals surface area contributed by atoms with Gasteiger partial charge in [0.1, 0.15) is 11.1 Å². The van der Waals surface area contributed by atoms with Gasteiger partial charge < -0.3 is 26.6 Å². The largest absolute Gasteiger partial charge is 0.465 e. The van der Waals surface area contributed by atoms with E-state index in [1.807, 2.05) is 86.6 Å². The standard InChI is InChI=1S/C46H54ClN7O8/c1-26-23-34(33-7-5-21-52(33)45(38(57)50-40(59)60)29-13-9-27(10-14-29)42(45,2)24-36(48)55)54(32-19-17-31(47)18-20-32)44(26,4)35-8-6-22-53(35)46(39(58)51-41(61)62)30-15-11-28(12-16-30)43(46,3)25-37(49)56/h9-20,26,33-35H,5-8,21-25H2,1-4H3,(H2,48,55)(H2,49,56)(H,50,57)(H,51,58)(H,59,60)(H,61,62)/t26?,33?,34-,35?,42?,43?,44-,45-,46-/m1/s1. The van der Waals surface area contributed by atoms with E-state index >= 15 is 0 Å². The Kier molecular flexibility index (Phi) is 10.5. The third-order valence-electron chi connectivity index (χ3n) is 15.7. The number of imide groups is 2. The summed E-state index contributed by atoms with van der Waals surface area (Å²) >= 11 is 6.53. The van der Waals surface area contributed by atoms with Crippen LogP contribution < -0.4 is 27.0 Å². The van der Waals surface area contributed by atoms with Crippen LogP contribution in [-0.2, 0) is 41.1 Å². The van der Waals surface area contributed by atoms with Crippen LogP contribution in [0.4, 0.5) is 15.3 Å². The van der Waals surface area contributed by atoms with Gasteiger partial charge in [-0.2, -0.15) is 0 Å². The molecule has 3 saturated heterocycles. The molecule has 9 atom stereocenters. The van der Waals surface area contributed by atoms with Gasteiger partial charge in [-0.05, 0) is 105 Å². The number of likely N-dealkylation sites (tertiary alicyclic amines) is 2. The Morgan fingerprint density at radius 3 is 1.56 bits per heavy atom. The monoisotopic (exact) mass is 867 g/mol. The number of carbonyl (C=O) groups is 6. The zero-order valence-electron chi connectivity index (χ0n) is 35.3. The number of anilines is 1. The molecule has 6 amide bonds. The highest BCUT2D eigenvalue weighted by Crippen LogP contribution is 2.61. The van der Waals surface area contributed by atoms with E-state index in [4.69, 9.17) is 23.1 Å². The molecule has 3 heterocycles. The molecule has 7 aliphatic rings. The van der Waals surface area contributed by atoms with Crippen LogP contribution in [0.2, 0.25) is 5.02 Å². The van der Waals surface area contributed by atoms with E-state index in [-0.39, 0.29) is 30.8 Å². The Balaban J connectivity index is 1.31. The molecule has 3 fully saturated rings. The topological polar surface area (TPSA) is 229 Å². The number of rotatable bonds is 11. The first-order chi connectivity index (χ1) is 29.3. The van der Waals surface area contributed by atoms with Crippen LogP contribution in [0.25, 0.3) is 0 Å². The number of carboxylic acid groups (broad SMARTS) is 2. The number of benzene rings is 3. The minimum absolute atomic E-state index is 0.104. The van der Waals surface area contributed by atoms with Crippen molar-refractivity contribution in [3.63, 3.8) is 0 Å². The molecule has 0 spiro atoms. The predicted molar refractivity (Wildman–Crippen MR) is 230 cm³/mol. The fourth-order valence-electron chi connectivity index (χ4n) is 13.3. The number of hydrogen-bond donors (Lipinski definition) is 6. The Bertz CT molecular complexity index is 2350. The SMILES string of the molecule is CC1C[C@H](C2CCCN2[C@@]2(C(=O)NC(=O)O)c3ccc(cc3)C2(C)CC(N)=O)N(c2ccc(Cl)cc2)[C@@]1(C)C1CCCN1[C@@]1(C(=O)NC(=O)O)c2ccc(cc2)C1(C)CC(N)=O. The summed E-state index contributed by atoms with van der Waals surface area (Å²) in [5.41, 5.74) is 8.62. The van der Waals surface area contributed by atoms with E-state index in [9.17, 15) is 39.0 Å². The molecular weight excluding hydrogens is 814 g/mol. The van der Waals surface area contributed by atoms with E-state index < -0.39 is 69.3 Å². The number of hydrogen-bond acceptors (Lipinski definition) is 9. The highest BCUT2D eigenvalue weighted by atomic mass is 35.5. The van der Waals surface area contributed by atoms with E-state index in [0.29, 0.717) is 72.5 Å². The third kappa shape index (κ3) is 5.90. The smallest absolute Gasteiger partial charge is 0.411 e. The lowest BCUT2D eigenvalue weighted by atomic mass is 9.56. The fourth-order valence-corrected chi connectivity index (χ4v) is 13.4. The maximum atomic E-state index is 15.0. The second kappa shape index (κ2) is 15.1. The summed E-state index contributed by atoms with van der Waals surface area (Å²) < 4.78 is 0. The predicted octanol–water partition coefficient (Wildman–Crippen LogP) is 4.92. The molecule has 5 unspecified atom stereocenters. The lowest BCUT2D eigenvalue weighted by molar-refractivity contribution is -0.145. The fraction of sp³-hybridized carbons (Fsp3) is 0.478. The van der Waals surface area contributed by atoms with E-state index in [2.05, 4.69) is 39.2 Å². The van der Waals surface area contributed by atoms with Crippen molar-refractivity contribution in [2.24, 2.45) is 17.4 Å². The van der Waals surface area contributed by atoms with Crippen LogP contribution in [0.15, 0.2) is 72.8 Å². The molecule has 3 aliphatic heterocycles. The molecular formula is C46H54ClN7O8. The molecule has 328 valence electrons. The lowest BCUT2D eigenvalue weighted by Crippen LogP contribution is -2.74. The van der Waals surface area contributed by atoms with Crippen LogP contribution in [-0.4, -0.2) is 92.6 Å². The number of fused-ring (bicyclic) bond motifs is 6. The Hall–Kier alpha value is -5.51. The van der Waals surface area contributed by atoms with Gasteiger partial charge in [0.15, 0.2) is 0 Å². The summed E-state index contributed by atoms with van der Waals surface area (Å²) in [5.74, 6) is -2.91. The first kappa shape index (κ1) is 43.2. The summed E-state index contributed by atoms with van der Waals surface area (Å²) in [6.07, 6.45) is -0.308. The number of carbonyl (C=O) groups excluding carboxylic acids is 4. The minimum Gasteiger partial charge on any atom is -0.465 e. The van der Waals surface area contributed by atoms with Crippen molar-refractivity contribution in [2.45, 2.75) is 118 Å². The van der Waals surface area contributed by atoms with Gasteiger partial charge in [0.2, 0.25) is 11.8 Å². The molecule has 0 radical (unpaired) electrons. The van der Waals surface area contributed by atoms with Gasteiger partial charge in [-0.25, -0.2) is 9.59 Å². The molecule has 16 heteroatoms. The summed E-state index contributed by atoms with van der Waals surface area (Å²) in [6.45, 7) is 8.79. The average molecular weight is 868 g/mol. The molecule has 3 aromatic rings. The zero-order chi connectivity index (χ0) is 44.7.